The average Bonchev–Trinajstić information content (AvgIpc) is 2.67. The Labute approximate surface area is 575 Å². The van der Waals surface area contributed by atoms with E-state index in [1.165, 1.54) is 218 Å². The van der Waals surface area contributed by atoms with E-state index in [-0.39, 0.29) is 25.7 Å². The van der Waals surface area contributed by atoms with Crippen LogP contribution in [0, 0.1) is 5.92 Å². The van der Waals surface area contributed by atoms with E-state index in [0.717, 1.165) is 95.8 Å². The molecule has 17 nitrogen and oxygen atoms in total. The minimum Gasteiger partial charge on any atom is -0.462 e. The Morgan fingerprint density at radius 2 is 0.489 bits per heavy atom. The van der Waals surface area contributed by atoms with Gasteiger partial charge in [0.15, 0.2) is 12.2 Å². The van der Waals surface area contributed by atoms with Crippen LogP contribution in [0.15, 0.2) is 0 Å². The summed E-state index contributed by atoms with van der Waals surface area (Å²) in [5.41, 5.74) is 0. The number of hydrogen-bond acceptors (Lipinski definition) is 15. The summed E-state index contributed by atoms with van der Waals surface area (Å²) in [5.74, 6) is -1.37. The van der Waals surface area contributed by atoms with Gasteiger partial charge in [0, 0.05) is 25.7 Å². The predicted molar refractivity (Wildman–Crippen MR) is 382 cm³/mol. The molecule has 2 unspecified atom stereocenters. The number of esters is 4. The molecule has 0 rings (SSSR count). The van der Waals surface area contributed by atoms with Crippen LogP contribution in [0.1, 0.15) is 394 Å². The second kappa shape index (κ2) is 68.2. The van der Waals surface area contributed by atoms with Gasteiger partial charge in [-0.1, -0.05) is 343 Å². The van der Waals surface area contributed by atoms with Gasteiger partial charge < -0.3 is 33.8 Å². The van der Waals surface area contributed by atoms with Gasteiger partial charge in [0.05, 0.1) is 26.4 Å². The van der Waals surface area contributed by atoms with Gasteiger partial charge in [-0.15, -0.1) is 0 Å². The molecule has 5 atom stereocenters. The smallest absolute Gasteiger partial charge is 0.462 e. The van der Waals surface area contributed by atoms with Crippen LogP contribution in [0.25, 0.3) is 0 Å². The van der Waals surface area contributed by atoms with Gasteiger partial charge in [0.2, 0.25) is 0 Å². The summed E-state index contributed by atoms with van der Waals surface area (Å²) in [5, 5.41) is 10.6. The third kappa shape index (κ3) is 68.6. The van der Waals surface area contributed by atoms with E-state index >= 15 is 0 Å². The average molecular weight is 1380 g/mol. The Hall–Kier alpha value is -1.94. The van der Waals surface area contributed by atoms with Crippen molar-refractivity contribution < 1.29 is 80.2 Å². The Morgan fingerprint density at radius 1 is 0.287 bits per heavy atom. The first kappa shape index (κ1) is 92.1. The summed E-state index contributed by atoms with van der Waals surface area (Å²) in [4.78, 5) is 72.7. The number of phosphoric acid groups is 2. The number of carbonyl (C=O) groups is 4. The summed E-state index contributed by atoms with van der Waals surface area (Å²) in [6.07, 6.45) is 56.9. The van der Waals surface area contributed by atoms with Gasteiger partial charge in [-0.25, -0.2) is 9.13 Å². The number of carbonyl (C=O) groups excluding carboxylic acids is 4. The van der Waals surface area contributed by atoms with Gasteiger partial charge in [0.1, 0.15) is 19.3 Å². The molecule has 0 aromatic carbocycles. The highest BCUT2D eigenvalue weighted by molar-refractivity contribution is 7.47. The van der Waals surface area contributed by atoms with Gasteiger partial charge in [-0.2, -0.15) is 0 Å². The Bertz CT molecular complexity index is 1810. The highest BCUT2D eigenvalue weighted by Gasteiger charge is 2.30. The fourth-order valence-electron chi connectivity index (χ4n) is 11.5. The zero-order chi connectivity index (χ0) is 69.1. The molecule has 0 heterocycles. The number of hydrogen-bond donors (Lipinski definition) is 3. The van der Waals surface area contributed by atoms with Crippen LogP contribution < -0.4 is 0 Å². The maximum Gasteiger partial charge on any atom is 0.472 e. The molecule has 0 amide bonds. The molecule has 0 saturated carbocycles. The molecule has 558 valence electrons. The van der Waals surface area contributed by atoms with Crippen molar-refractivity contribution in [3.05, 3.63) is 0 Å². The summed E-state index contributed by atoms with van der Waals surface area (Å²) >= 11 is 0. The largest absolute Gasteiger partial charge is 0.472 e. The number of aliphatic hydroxyl groups is 1. The Morgan fingerprint density at radius 3 is 0.723 bits per heavy atom. The highest BCUT2D eigenvalue weighted by Crippen LogP contribution is 2.45. The molecule has 0 aliphatic heterocycles. The van der Waals surface area contributed by atoms with Crippen molar-refractivity contribution in [2.75, 3.05) is 39.6 Å². The summed E-state index contributed by atoms with van der Waals surface area (Å²) < 4.78 is 68.4. The standard InChI is InChI=1S/C75H146O17P2/c1-6-9-12-15-18-21-24-25-26-27-28-29-30-31-32-35-40-46-51-56-61-75(80)92-71(65-86-73(78)59-54-49-44-41-36-37-42-47-52-57-68(4)5)67-90-94(83,84)88-63-69(76)62-87-93(81,82)89-66-70(91-74(79)60-55-50-45-39-34-23-20-17-14-11-8-3)64-85-72(77)58-53-48-43-38-33-22-19-16-13-10-7-2/h68-71,76H,6-67H2,1-5H3,(H,81,82)(H,83,84)/t69-,70+,71+/m0/s1. The van der Waals surface area contributed by atoms with E-state index in [9.17, 15) is 43.2 Å². The summed E-state index contributed by atoms with van der Waals surface area (Å²) in [7, 11) is -9.91. The van der Waals surface area contributed by atoms with E-state index in [1.807, 2.05) is 0 Å². The SMILES string of the molecule is CCCCCCCCCCCCCCCCCCCCCCC(=O)O[C@H](COC(=O)CCCCCCCCCCCC(C)C)COP(=O)(O)OC[C@@H](O)COP(=O)(O)OC[C@@H](COC(=O)CCCCCCCCCCCCC)OC(=O)CCCCCCCCCCCCC. The number of phosphoric ester groups is 2. The van der Waals surface area contributed by atoms with Gasteiger partial charge in [0.25, 0.3) is 0 Å². The molecular weight excluding hydrogens is 1230 g/mol. The third-order valence-electron chi connectivity index (χ3n) is 17.5. The molecule has 0 fully saturated rings. The topological polar surface area (TPSA) is 237 Å². The molecule has 19 heteroatoms. The molecule has 0 aliphatic carbocycles. The van der Waals surface area contributed by atoms with E-state index in [2.05, 4.69) is 34.6 Å². The van der Waals surface area contributed by atoms with E-state index in [1.54, 1.807) is 0 Å². The summed E-state index contributed by atoms with van der Waals surface area (Å²) in [6.45, 7) is 7.26. The third-order valence-corrected chi connectivity index (χ3v) is 19.4. The zero-order valence-electron chi connectivity index (χ0n) is 61.1. The number of unbranched alkanes of at least 4 members (excludes halogenated alkanes) is 47. The monoisotopic (exact) mass is 1380 g/mol. The van der Waals surface area contributed by atoms with Crippen molar-refractivity contribution in [2.45, 2.75) is 412 Å². The van der Waals surface area contributed by atoms with E-state index in [0.29, 0.717) is 25.7 Å². The van der Waals surface area contributed by atoms with Crippen molar-refractivity contribution in [1.29, 1.82) is 0 Å². The molecule has 3 N–H and O–H groups in total. The van der Waals surface area contributed by atoms with Gasteiger partial charge in [-0.05, 0) is 31.6 Å². The molecular formula is C75H146O17P2. The Balaban J connectivity index is 5.20. The second-order valence-corrected chi connectivity index (χ2v) is 30.4. The van der Waals surface area contributed by atoms with Crippen molar-refractivity contribution in [1.82, 2.24) is 0 Å². The van der Waals surface area contributed by atoms with E-state index in [4.69, 9.17) is 37.0 Å². The lowest BCUT2D eigenvalue weighted by Crippen LogP contribution is -2.30. The predicted octanol–water partition coefficient (Wildman–Crippen LogP) is 22.1. The first-order valence-electron chi connectivity index (χ1n) is 39.1. The molecule has 0 saturated heterocycles. The molecule has 0 spiro atoms. The van der Waals surface area contributed by atoms with Gasteiger partial charge in [-0.3, -0.25) is 37.3 Å². The van der Waals surface area contributed by atoms with Crippen molar-refractivity contribution in [3.63, 3.8) is 0 Å². The number of ether oxygens (including phenoxy) is 4. The fourth-order valence-corrected chi connectivity index (χ4v) is 13.1. The van der Waals surface area contributed by atoms with Crippen molar-refractivity contribution >= 4 is 39.5 Å². The minimum absolute atomic E-state index is 0.107. The van der Waals surface area contributed by atoms with Crippen molar-refractivity contribution in [2.24, 2.45) is 5.92 Å². The molecule has 0 bridgehead atoms. The lowest BCUT2D eigenvalue weighted by atomic mass is 10.0. The first-order valence-corrected chi connectivity index (χ1v) is 42.1. The zero-order valence-corrected chi connectivity index (χ0v) is 62.9. The van der Waals surface area contributed by atoms with Crippen LogP contribution in [-0.2, 0) is 65.4 Å². The molecule has 0 radical (unpaired) electrons. The normalized spacial score (nSPS) is 14.0. The number of aliphatic hydroxyl groups excluding tert-OH is 1. The van der Waals surface area contributed by atoms with Crippen LogP contribution >= 0.6 is 15.6 Å². The maximum atomic E-state index is 13.1. The van der Waals surface area contributed by atoms with Crippen LogP contribution in [0.5, 0.6) is 0 Å². The lowest BCUT2D eigenvalue weighted by Gasteiger charge is -2.21. The first-order chi connectivity index (χ1) is 45.5. The minimum atomic E-state index is -4.95. The number of rotatable bonds is 75. The van der Waals surface area contributed by atoms with E-state index < -0.39 is 97.5 Å². The second-order valence-electron chi connectivity index (χ2n) is 27.5. The molecule has 0 aromatic rings. The Kier molecular flexibility index (Phi) is 66.8. The summed E-state index contributed by atoms with van der Waals surface area (Å²) in [6, 6.07) is 0. The fraction of sp³-hybridized carbons (Fsp3) is 0.947. The van der Waals surface area contributed by atoms with Crippen LogP contribution in [0.2, 0.25) is 0 Å². The van der Waals surface area contributed by atoms with Crippen LogP contribution in [0.4, 0.5) is 0 Å². The molecule has 0 aliphatic rings. The van der Waals surface area contributed by atoms with Crippen LogP contribution in [-0.4, -0.2) is 96.7 Å². The highest BCUT2D eigenvalue weighted by atomic mass is 31.2. The van der Waals surface area contributed by atoms with Crippen LogP contribution in [0.3, 0.4) is 0 Å². The molecule has 0 aromatic heterocycles. The molecule has 94 heavy (non-hydrogen) atoms. The quantitative estimate of drug-likeness (QED) is 0.0222. The maximum absolute atomic E-state index is 13.1. The van der Waals surface area contributed by atoms with Crippen molar-refractivity contribution in [3.8, 4) is 0 Å². The van der Waals surface area contributed by atoms with Gasteiger partial charge >= 0.3 is 39.5 Å². The lowest BCUT2D eigenvalue weighted by molar-refractivity contribution is -0.161.